The molecule has 154 valence electrons. The van der Waals surface area contributed by atoms with E-state index in [1.54, 1.807) is 18.4 Å². The van der Waals surface area contributed by atoms with E-state index in [2.05, 4.69) is 10.2 Å². The lowest BCUT2D eigenvalue weighted by Gasteiger charge is -2.31. The minimum absolute atomic E-state index is 0.0288. The molecule has 0 radical (unpaired) electrons. The van der Waals surface area contributed by atoms with Gasteiger partial charge in [-0.25, -0.2) is 0 Å². The van der Waals surface area contributed by atoms with Gasteiger partial charge in [0, 0.05) is 11.5 Å². The van der Waals surface area contributed by atoms with Gasteiger partial charge in [0.1, 0.15) is 19.0 Å². The summed E-state index contributed by atoms with van der Waals surface area (Å²) in [7, 11) is 0. The van der Waals surface area contributed by atoms with Crippen LogP contribution in [0.15, 0.2) is 41.0 Å². The zero-order valence-corrected chi connectivity index (χ0v) is 16.6. The number of Topliss-reactive ketones (excluding diaryl/α,β-unsaturated/α-hetero) is 1. The van der Waals surface area contributed by atoms with Gasteiger partial charge in [-0.05, 0) is 63.2 Å². The molecule has 7 nitrogen and oxygen atoms in total. The molecule has 1 aromatic carbocycles. The van der Waals surface area contributed by atoms with E-state index in [9.17, 15) is 9.59 Å². The molecule has 2 aliphatic rings. The minimum atomic E-state index is -0.160. The third kappa shape index (κ3) is 4.62. The van der Waals surface area contributed by atoms with Crippen LogP contribution in [0.1, 0.15) is 41.9 Å². The zero-order chi connectivity index (χ0) is 20.2. The van der Waals surface area contributed by atoms with E-state index < -0.39 is 0 Å². The number of likely N-dealkylation sites (tertiary alicyclic amines) is 1. The molecule has 0 spiro atoms. The van der Waals surface area contributed by atoms with Gasteiger partial charge in [0.05, 0.1) is 18.8 Å². The number of hydrogen-bond acceptors (Lipinski definition) is 6. The SMILES string of the molecule is CC(NC(=O)CN1CCC(C(=O)c2ccc3c(c2)OCCO3)CC1)c1ccco1. The first kappa shape index (κ1) is 19.5. The molecular formula is C22H26N2O5. The number of ketones is 1. The van der Waals surface area contributed by atoms with E-state index in [0.717, 1.165) is 31.7 Å². The van der Waals surface area contributed by atoms with Crippen molar-refractivity contribution >= 4 is 11.7 Å². The summed E-state index contributed by atoms with van der Waals surface area (Å²) in [6.07, 6.45) is 3.09. The second-order valence-corrected chi connectivity index (χ2v) is 7.58. The van der Waals surface area contributed by atoms with Crippen molar-refractivity contribution in [2.75, 3.05) is 32.8 Å². The highest BCUT2D eigenvalue weighted by atomic mass is 16.6. The average molecular weight is 398 g/mol. The van der Waals surface area contributed by atoms with Crippen LogP contribution in [0.2, 0.25) is 0 Å². The van der Waals surface area contributed by atoms with Crippen LogP contribution >= 0.6 is 0 Å². The Hall–Kier alpha value is -2.80. The van der Waals surface area contributed by atoms with Crippen molar-refractivity contribution in [1.82, 2.24) is 10.2 Å². The fraction of sp³-hybridized carbons (Fsp3) is 0.455. The third-order valence-corrected chi connectivity index (χ3v) is 5.50. The Bertz CT molecular complexity index is 856. The fourth-order valence-electron chi connectivity index (χ4n) is 3.88. The summed E-state index contributed by atoms with van der Waals surface area (Å²) in [6, 6.07) is 8.90. The number of fused-ring (bicyclic) bond motifs is 1. The maximum atomic E-state index is 12.9. The first-order valence-electron chi connectivity index (χ1n) is 10.1. The standard InChI is InChI=1S/C22H26N2O5/c1-15(18-3-2-10-27-18)23-21(25)14-24-8-6-16(7-9-24)22(26)17-4-5-19-20(13-17)29-12-11-28-19/h2-5,10,13,15-16H,6-9,11-12,14H2,1H3,(H,23,25). The van der Waals surface area contributed by atoms with Crippen LogP contribution in [0.4, 0.5) is 0 Å². The largest absolute Gasteiger partial charge is 0.486 e. The molecule has 29 heavy (non-hydrogen) atoms. The second-order valence-electron chi connectivity index (χ2n) is 7.58. The van der Waals surface area contributed by atoms with Crippen molar-refractivity contribution in [3.05, 3.63) is 47.9 Å². The molecule has 1 amide bonds. The lowest BCUT2D eigenvalue weighted by Crippen LogP contribution is -2.43. The van der Waals surface area contributed by atoms with Gasteiger partial charge in [0.25, 0.3) is 0 Å². The summed E-state index contributed by atoms with van der Waals surface area (Å²) in [5, 5.41) is 2.95. The van der Waals surface area contributed by atoms with Crippen molar-refractivity contribution in [3.63, 3.8) is 0 Å². The summed E-state index contributed by atoms with van der Waals surface area (Å²) < 4.78 is 16.4. The van der Waals surface area contributed by atoms with Crippen LogP contribution in [0.25, 0.3) is 0 Å². The Labute approximate surface area is 170 Å². The Morgan fingerprint density at radius 2 is 1.90 bits per heavy atom. The van der Waals surface area contributed by atoms with Gasteiger partial charge in [0.2, 0.25) is 5.91 Å². The van der Waals surface area contributed by atoms with Crippen LogP contribution in [-0.4, -0.2) is 49.4 Å². The van der Waals surface area contributed by atoms with Gasteiger partial charge in [-0.3, -0.25) is 14.5 Å². The highest BCUT2D eigenvalue weighted by molar-refractivity contribution is 5.98. The number of amides is 1. The number of carbonyl (C=O) groups is 2. The molecule has 4 rings (SSSR count). The first-order valence-corrected chi connectivity index (χ1v) is 10.1. The van der Waals surface area contributed by atoms with Crippen LogP contribution < -0.4 is 14.8 Å². The molecule has 1 saturated heterocycles. The van der Waals surface area contributed by atoms with Crippen LogP contribution in [0.3, 0.4) is 0 Å². The Morgan fingerprint density at radius 3 is 2.62 bits per heavy atom. The maximum absolute atomic E-state index is 12.9. The van der Waals surface area contributed by atoms with E-state index in [1.807, 2.05) is 25.1 Å². The molecule has 1 fully saturated rings. The van der Waals surface area contributed by atoms with Crippen molar-refractivity contribution in [1.29, 1.82) is 0 Å². The van der Waals surface area contributed by atoms with Gasteiger partial charge >= 0.3 is 0 Å². The van der Waals surface area contributed by atoms with E-state index >= 15 is 0 Å². The predicted molar refractivity (Wildman–Crippen MR) is 106 cm³/mol. The number of nitrogens with one attached hydrogen (secondary N) is 1. The summed E-state index contributed by atoms with van der Waals surface area (Å²) in [5.41, 5.74) is 0.665. The Morgan fingerprint density at radius 1 is 1.14 bits per heavy atom. The van der Waals surface area contributed by atoms with E-state index in [4.69, 9.17) is 13.9 Å². The minimum Gasteiger partial charge on any atom is -0.486 e. The van der Waals surface area contributed by atoms with Crippen molar-refractivity contribution in [2.24, 2.45) is 5.92 Å². The number of benzene rings is 1. The number of ether oxygens (including phenoxy) is 2. The lowest BCUT2D eigenvalue weighted by atomic mass is 9.88. The normalized spacial score (nSPS) is 18.2. The number of hydrogen-bond donors (Lipinski definition) is 1. The molecule has 1 N–H and O–H groups in total. The molecule has 0 saturated carbocycles. The molecule has 3 heterocycles. The summed E-state index contributed by atoms with van der Waals surface area (Å²) in [5.74, 6) is 2.14. The molecule has 1 atom stereocenters. The summed E-state index contributed by atoms with van der Waals surface area (Å²) >= 11 is 0. The number of furan rings is 1. The smallest absolute Gasteiger partial charge is 0.234 e. The van der Waals surface area contributed by atoms with Crippen molar-refractivity contribution < 1.29 is 23.5 Å². The molecule has 1 unspecified atom stereocenters. The van der Waals surface area contributed by atoms with Crippen molar-refractivity contribution in [2.45, 2.75) is 25.8 Å². The van der Waals surface area contributed by atoms with Crippen LogP contribution in [-0.2, 0) is 4.79 Å². The van der Waals surface area contributed by atoms with E-state index in [-0.39, 0.29) is 23.7 Å². The van der Waals surface area contributed by atoms with Gasteiger partial charge in [-0.2, -0.15) is 0 Å². The monoisotopic (exact) mass is 398 g/mol. The van der Waals surface area contributed by atoms with Crippen molar-refractivity contribution in [3.8, 4) is 11.5 Å². The van der Waals surface area contributed by atoms with Gasteiger partial charge < -0.3 is 19.2 Å². The zero-order valence-electron chi connectivity index (χ0n) is 16.6. The van der Waals surface area contributed by atoms with Crippen LogP contribution in [0.5, 0.6) is 11.5 Å². The van der Waals surface area contributed by atoms with Gasteiger partial charge in [0.15, 0.2) is 17.3 Å². The number of piperidine rings is 1. The molecule has 2 aromatic rings. The number of rotatable bonds is 6. The molecule has 0 bridgehead atoms. The fourth-order valence-corrected chi connectivity index (χ4v) is 3.88. The number of nitrogens with zero attached hydrogens (tertiary/aromatic N) is 1. The van der Waals surface area contributed by atoms with Crippen LogP contribution in [0, 0.1) is 5.92 Å². The molecular weight excluding hydrogens is 372 g/mol. The lowest BCUT2D eigenvalue weighted by molar-refractivity contribution is -0.123. The van der Waals surface area contributed by atoms with E-state index in [0.29, 0.717) is 36.8 Å². The highest BCUT2D eigenvalue weighted by Gasteiger charge is 2.28. The van der Waals surface area contributed by atoms with Gasteiger partial charge in [-0.1, -0.05) is 0 Å². The third-order valence-electron chi connectivity index (χ3n) is 5.50. The highest BCUT2D eigenvalue weighted by Crippen LogP contribution is 2.32. The van der Waals surface area contributed by atoms with E-state index in [1.165, 1.54) is 0 Å². The average Bonchev–Trinajstić information content (AvgIpc) is 3.28. The molecule has 7 heteroatoms. The molecule has 0 aliphatic carbocycles. The first-order chi connectivity index (χ1) is 14.1. The number of carbonyl (C=O) groups excluding carboxylic acids is 2. The maximum Gasteiger partial charge on any atom is 0.234 e. The molecule has 2 aliphatic heterocycles. The Kier molecular flexibility index (Phi) is 5.85. The predicted octanol–water partition coefficient (Wildman–Crippen LogP) is 2.82. The summed E-state index contributed by atoms with van der Waals surface area (Å²) in [6.45, 7) is 4.72. The summed E-state index contributed by atoms with van der Waals surface area (Å²) in [4.78, 5) is 27.3. The van der Waals surface area contributed by atoms with Gasteiger partial charge in [-0.15, -0.1) is 0 Å². The Balaban J connectivity index is 1.27. The second kappa shape index (κ2) is 8.69. The molecule has 1 aromatic heterocycles. The quantitative estimate of drug-likeness (QED) is 0.754. The topological polar surface area (TPSA) is 81.0 Å².